The van der Waals surface area contributed by atoms with E-state index in [1.165, 1.54) is 0 Å². The average molecular weight is 247 g/mol. The van der Waals surface area contributed by atoms with E-state index in [0.717, 1.165) is 30.1 Å². The highest BCUT2D eigenvalue weighted by molar-refractivity contribution is 5.27. The fourth-order valence-corrected chi connectivity index (χ4v) is 1.58. The fourth-order valence-electron chi connectivity index (χ4n) is 1.58. The summed E-state index contributed by atoms with van der Waals surface area (Å²) in [5.74, 6) is 1.53. The van der Waals surface area contributed by atoms with Crippen molar-refractivity contribution in [3.63, 3.8) is 0 Å². The molecular formula is C12H17N5O. The first-order chi connectivity index (χ1) is 8.83. The second-order valence-corrected chi connectivity index (χ2v) is 3.96. The van der Waals surface area contributed by atoms with Gasteiger partial charge >= 0.3 is 0 Å². The minimum atomic E-state index is 0.370. The lowest BCUT2D eigenvalue weighted by Gasteiger charge is -2.06. The van der Waals surface area contributed by atoms with Gasteiger partial charge in [-0.15, -0.1) is 5.10 Å². The van der Waals surface area contributed by atoms with Crippen LogP contribution in [0.3, 0.4) is 0 Å². The molecule has 0 saturated heterocycles. The highest BCUT2D eigenvalue weighted by atomic mass is 16.5. The first kappa shape index (κ1) is 12.5. The lowest BCUT2D eigenvalue weighted by Crippen LogP contribution is -2.08. The fraction of sp³-hybridized carbons (Fsp3) is 0.417. The molecule has 0 fully saturated rings. The summed E-state index contributed by atoms with van der Waals surface area (Å²) in [7, 11) is 0. The van der Waals surface area contributed by atoms with Crippen LogP contribution in [-0.2, 0) is 19.7 Å². The minimum Gasteiger partial charge on any atom is -0.486 e. The molecule has 0 spiro atoms. The van der Waals surface area contributed by atoms with Crippen molar-refractivity contribution >= 4 is 0 Å². The summed E-state index contributed by atoms with van der Waals surface area (Å²) < 4.78 is 7.39. The van der Waals surface area contributed by atoms with Gasteiger partial charge in [0.2, 0.25) is 0 Å². The van der Waals surface area contributed by atoms with Crippen LogP contribution in [-0.4, -0.2) is 20.2 Å². The van der Waals surface area contributed by atoms with Crippen LogP contribution < -0.4 is 10.5 Å². The Labute approximate surface area is 106 Å². The summed E-state index contributed by atoms with van der Waals surface area (Å²) in [4.78, 5) is 0. The summed E-state index contributed by atoms with van der Waals surface area (Å²) >= 11 is 0. The number of tetrazole rings is 1. The van der Waals surface area contributed by atoms with Crippen LogP contribution in [0.2, 0.25) is 0 Å². The predicted molar refractivity (Wildman–Crippen MR) is 66.8 cm³/mol. The highest BCUT2D eigenvalue weighted by Crippen LogP contribution is 2.13. The van der Waals surface area contributed by atoms with Crippen molar-refractivity contribution in [2.24, 2.45) is 5.73 Å². The number of hydrogen-bond donors (Lipinski definition) is 1. The third kappa shape index (κ3) is 3.04. The molecule has 0 amide bonds. The van der Waals surface area contributed by atoms with Crippen LogP contribution >= 0.6 is 0 Å². The molecule has 6 nitrogen and oxygen atoms in total. The van der Waals surface area contributed by atoms with Crippen LogP contribution in [0.1, 0.15) is 24.7 Å². The number of nitrogens with zero attached hydrogens (tertiary/aromatic N) is 4. The van der Waals surface area contributed by atoms with Crippen molar-refractivity contribution in [1.29, 1.82) is 0 Å². The molecule has 2 rings (SSSR count). The Hall–Kier alpha value is -1.95. The molecule has 1 aromatic heterocycles. The van der Waals surface area contributed by atoms with Gasteiger partial charge in [-0.1, -0.05) is 19.1 Å². The van der Waals surface area contributed by atoms with Crippen molar-refractivity contribution in [1.82, 2.24) is 20.2 Å². The predicted octanol–water partition coefficient (Wildman–Crippen LogP) is 1.12. The van der Waals surface area contributed by atoms with Gasteiger partial charge in [-0.3, -0.25) is 0 Å². The van der Waals surface area contributed by atoms with Crippen molar-refractivity contribution < 1.29 is 4.74 Å². The third-order valence-electron chi connectivity index (χ3n) is 2.57. The molecule has 0 atom stereocenters. The average Bonchev–Trinajstić information content (AvgIpc) is 2.85. The second-order valence-electron chi connectivity index (χ2n) is 3.96. The summed E-state index contributed by atoms with van der Waals surface area (Å²) in [6.45, 7) is 3.79. The number of aromatic nitrogens is 4. The molecular weight excluding hydrogens is 230 g/mol. The maximum absolute atomic E-state index is 5.63. The van der Waals surface area contributed by atoms with Crippen LogP contribution in [0.15, 0.2) is 24.3 Å². The van der Waals surface area contributed by atoms with E-state index in [9.17, 15) is 0 Å². The summed E-state index contributed by atoms with van der Waals surface area (Å²) in [5, 5.41) is 11.5. The van der Waals surface area contributed by atoms with Gasteiger partial charge in [-0.2, -0.15) is 0 Å². The molecule has 0 aliphatic rings. The van der Waals surface area contributed by atoms with E-state index in [-0.39, 0.29) is 0 Å². The van der Waals surface area contributed by atoms with Gasteiger partial charge in [0.25, 0.3) is 0 Å². The van der Waals surface area contributed by atoms with E-state index in [1.54, 1.807) is 4.68 Å². The van der Waals surface area contributed by atoms with E-state index in [1.807, 2.05) is 24.3 Å². The van der Waals surface area contributed by atoms with Crippen LogP contribution in [0, 0.1) is 0 Å². The molecule has 0 radical (unpaired) electrons. The zero-order valence-corrected chi connectivity index (χ0v) is 10.4. The van der Waals surface area contributed by atoms with E-state index >= 15 is 0 Å². The van der Waals surface area contributed by atoms with Crippen molar-refractivity contribution in [3.8, 4) is 5.75 Å². The van der Waals surface area contributed by atoms with Gasteiger partial charge in [-0.25, -0.2) is 4.68 Å². The number of ether oxygens (including phenoxy) is 1. The maximum Gasteiger partial charge on any atom is 0.189 e. The largest absolute Gasteiger partial charge is 0.486 e. The van der Waals surface area contributed by atoms with E-state index < -0.39 is 0 Å². The molecule has 0 aliphatic heterocycles. The lowest BCUT2D eigenvalue weighted by molar-refractivity contribution is 0.286. The molecule has 0 aliphatic carbocycles. The van der Waals surface area contributed by atoms with Gasteiger partial charge in [0.1, 0.15) is 12.4 Å². The standard InChI is InChI=1S/C12H17N5O/c1-2-7-17-12(14-15-16-17)9-18-11-5-3-10(8-13)4-6-11/h3-6H,2,7-9,13H2,1H3. The third-order valence-corrected chi connectivity index (χ3v) is 2.57. The first-order valence-corrected chi connectivity index (χ1v) is 6.00. The molecule has 1 heterocycles. The lowest BCUT2D eigenvalue weighted by atomic mass is 10.2. The quantitative estimate of drug-likeness (QED) is 0.827. The number of aryl methyl sites for hydroxylation is 1. The molecule has 1 aromatic carbocycles. The molecule has 2 aromatic rings. The number of nitrogens with two attached hydrogens (primary N) is 1. The maximum atomic E-state index is 5.63. The Morgan fingerprint density at radius 3 is 2.72 bits per heavy atom. The van der Waals surface area contributed by atoms with Gasteiger partial charge in [0.15, 0.2) is 5.82 Å². The SMILES string of the molecule is CCCn1nnnc1COc1ccc(CN)cc1. The highest BCUT2D eigenvalue weighted by Gasteiger charge is 2.05. The molecule has 18 heavy (non-hydrogen) atoms. The molecule has 0 saturated carbocycles. The van der Waals surface area contributed by atoms with Crippen molar-refractivity contribution in [2.75, 3.05) is 0 Å². The monoisotopic (exact) mass is 247 g/mol. The van der Waals surface area contributed by atoms with E-state index in [4.69, 9.17) is 10.5 Å². The van der Waals surface area contributed by atoms with Crippen LogP contribution in [0.4, 0.5) is 0 Å². The van der Waals surface area contributed by atoms with Gasteiger partial charge in [-0.05, 0) is 34.5 Å². The number of hydrogen-bond acceptors (Lipinski definition) is 5. The number of benzene rings is 1. The van der Waals surface area contributed by atoms with Crippen molar-refractivity contribution in [3.05, 3.63) is 35.7 Å². The summed E-state index contributed by atoms with van der Waals surface area (Å²) in [6, 6.07) is 7.70. The Bertz CT molecular complexity index is 479. The Morgan fingerprint density at radius 2 is 2.06 bits per heavy atom. The van der Waals surface area contributed by atoms with Crippen LogP contribution in [0.5, 0.6) is 5.75 Å². The zero-order chi connectivity index (χ0) is 12.8. The molecule has 0 unspecified atom stereocenters. The molecule has 2 N–H and O–H groups in total. The number of rotatable bonds is 6. The Balaban J connectivity index is 1.95. The molecule has 96 valence electrons. The molecule has 6 heteroatoms. The van der Waals surface area contributed by atoms with Gasteiger partial charge in [0, 0.05) is 13.1 Å². The minimum absolute atomic E-state index is 0.370. The van der Waals surface area contributed by atoms with Crippen molar-refractivity contribution in [2.45, 2.75) is 33.0 Å². The Kier molecular flexibility index (Phi) is 4.25. The second kappa shape index (κ2) is 6.11. The molecule has 0 bridgehead atoms. The first-order valence-electron chi connectivity index (χ1n) is 6.00. The normalized spacial score (nSPS) is 10.6. The van der Waals surface area contributed by atoms with Gasteiger partial charge < -0.3 is 10.5 Å². The van der Waals surface area contributed by atoms with E-state index in [2.05, 4.69) is 22.4 Å². The zero-order valence-electron chi connectivity index (χ0n) is 10.4. The van der Waals surface area contributed by atoms with Crippen LogP contribution in [0.25, 0.3) is 0 Å². The summed E-state index contributed by atoms with van der Waals surface area (Å²) in [5.41, 5.74) is 6.62. The topological polar surface area (TPSA) is 78.8 Å². The van der Waals surface area contributed by atoms with Gasteiger partial charge in [0.05, 0.1) is 0 Å². The van der Waals surface area contributed by atoms with E-state index in [0.29, 0.717) is 13.2 Å². The summed E-state index contributed by atoms with van der Waals surface area (Å²) in [6.07, 6.45) is 0.989. The Morgan fingerprint density at radius 1 is 1.28 bits per heavy atom. The smallest absolute Gasteiger partial charge is 0.189 e.